The number of hydrogen-bond donors (Lipinski definition) is 0. The Morgan fingerprint density at radius 3 is 2.81 bits per heavy atom. The van der Waals surface area contributed by atoms with Crippen LogP contribution in [0.25, 0.3) is 10.2 Å². The molecule has 26 heavy (non-hydrogen) atoms. The predicted octanol–water partition coefficient (Wildman–Crippen LogP) is 3.81. The number of para-hydroxylation sites is 1. The number of sulfonamides is 1. The second-order valence-electron chi connectivity index (χ2n) is 6.09. The molecule has 1 aliphatic rings. The number of halogens is 1. The molecule has 1 saturated heterocycles. The largest absolute Gasteiger partial charge is 0.376 e. The Bertz CT molecular complexity index is 997. The molecule has 1 atom stereocenters. The normalized spacial score (nSPS) is 17.7. The maximum atomic E-state index is 13.6. The van der Waals surface area contributed by atoms with Crippen LogP contribution in [-0.2, 0) is 14.8 Å². The Labute approximate surface area is 155 Å². The van der Waals surface area contributed by atoms with Crippen LogP contribution >= 0.6 is 11.3 Å². The highest BCUT2D eigenvalue weighted by molar-refractivity contribution is 7.93. The van der Waals surface area contributed by atoms with E-state index in [2.05, 4.69) is 4.98 Å². The van der Waals surface area contributed by atoms with Crippen molar-refractivity contribution in [3.63, 3.8) is 0 Å². The van der Waals surface area contributed by atoms with Gasteiger partial charge in [0.1, 0.15) is 5.82 Å². The molecule has 4 rings (SSSR count). The topological polar surface area (TPSA) is 59.5 Å². The molecule has 2 heterocycles. The Hall–Kier alpha value is -2.03. The molecule has 0 amide bonds. The first-order valence-corrected chi connectivity index (χ1v) is 10.6. The number of rotatable bonds is 5. The third kappa shape index (κ3) is 3.32. The number of nitrogens with zero attached hydrogens (tertiary/aromatic N) is 2. The van der Waals surface area contributed by atoms with E-state index in [1.54, 1.807) is 0 Å². The van der Waals surface area contributed by atoms with Crippen molar-refractivity contribution >= 4 is 36.7 Å². The third-order valence-electron chi connectivity index (χ3n) is 4.27. The predicted molar refractivity (Wildman–Crippen MR) is 99.5 cm³/mol. The van der Waals surface area contributed by atoms with Gasteiger partial charge in [0.15, 0.2) is 0 Å². The number of fused-ring (bicyclic) bond motifs is 1. The van der Waals surface area contributed by atoms with Gasteiger partial charge >= 0.3 is 0 Å². The van der Waals surface area contributed by atoms with E-state index in [1.807, 2.05) is 24.3 Å². The first-order valence-electron chi connectivity index (χ1n) is 8.29. The number of thiazole rings is 1. The van der Waals surface area contributed by atoms with Gasteiger partial charge in [-0.3, -0.25) is 0 Å². The maximum absolute atomic E-state index is 13.6. The summed E-state index contributed by atoms with van der Waals surface area (Å²) in [7, 11) is -3.95. The summed E-state index contributed by atoms with van der Waals surface area (Å²) >= 11 is 1.30. The van der Waals surface area contributed by atoms with Crippen molar-refractivity contribution in [2.75, 3.05) is 17.5 Å². The van der Waals surface area contributed by atoms with Crippen molar-refractivity contribution in [1.82, 2.24) is 4.98 Å². The molecule has 1 aromatic heterocycles. The molecular formula is C18H17FN2O3S2. The molecule has 136 valence electrons. The van der Waals surface area contributed by atoms with E-state index >= 15 is 0 Å². The summed E-state index contributed by atoms with van der Waals surface area (Å²) in [6, 6.07) is 12.5. The summed E-state index contributed by atoms with van der Waals surface area (Å²) in [5.41, 5.74) is 0.735. The monoisotopic (exact) mass is 392 g/mol. The first-order chi connectivity index (χ1) is 12.5. The quantitative estimate of drug-likeness (QED) is 0.663. The smallest absolute Gasteiger partial charge is 0.266 e. The second-order valence-corrected chi connectivity index (χ2v) is 8.96. The minimum atomic E-state index is -3.95. The number of ether oxygens (including phenoxy) is 1. The van der Waals surface area contributed by atoms with Crippen LogP contribution < -0.4 is 4.31 Å². The lowest BCUT2D eigenvalue weighted by molar-refractivity contribution is 0.118. The molecule has 1 unspecified atom stereocenters. The molecule has 0 spiro atoms. The molecule has 0 bridgehead atoms. The zero-order chi connectivity index (χ0) is 18.1. The van der Waals surface area contributed by atoms with Gasteiger partial charge in [-0.25, -0.2) is 22.1 Å². The highest BCUT2D eigenvalue weighted by Gasteiger charge is 2.31. The Balaban J connectivity index is 1.79. The number of anilines is 1. The lowest BCUT2D eigenvalue weighted by Crippen LogP contribution is -2.37. The summed E-state index contributed by atoms with van der Waals surface area (Å²) in [5, 5.41) is 0.367. The molecule has 0 aliphatic carbocycles. The van der Waals surface area contributed by atoms with Gasteiger partial charge in [0, 0.05) is 6.61 Å². The zero-order valence-corrected chi connectivity index (χ0v) is 15.5. The molecular weight excluding hydrogens is 375 g/mol. The van der Waals surface area contributed by atoms with Gasteiger partial charge in [-0.15, -0.1) is 0 Å². The highest BCUT2D eigenvalue weighted by Crippen LogP contribution is 2.33. The minimum absolute atomic E-state index is 0.0882. The van der Waals surface area contributed by atoms with Crippen LogP contribution in [0.2, 0.25) is 0 Å². The SMILES string of the molecule is O=S(=O)(c1cccc(F)c1)N(CC1CCCO1)c1nc2ccccc2s1. The number of hydrogen-bond acceptors (Lipinski definition) is 5. The average Bonchev–Trinajstić information content (AvgIpc) is 3.28. The van der Waals surface area contributed by atoms with Crippen LogP contribution in [0.15, 0.2) is 53.4 Å². The molecule has 0 radical (unpaired) electrons. The lowest BCUT2D eigenvalue weighted by atomic mass is 10.2. The summed E-state index contributed by atoms with van der Waals surface area (Å²) < 4.78 is 47.8. The van der Waals surface area contributed by atoms with Crippen molar-refractivity contribution in [3.05, 3.63) is 54.3 Å². The van der Waals surface area contributed by atoms with E-state index in [0.717, 1.165) is 29.1 Å². The van der Waals surface area contributed by atoms with E-state index < -0.39 is 15.8 Å². The van der Waals surface area contributed by atoms with E-state index in [-0.39, 0.29) is 17.5 Å². The Kier molecular flexibility index (Phi) is 4.64. The molecule has 5 nitrogen and oxygen atoms in total. The van der Waals surface area contributed by atoms with Crippen molar-refractivity contribution in [1.29, 1.82) is 0 Å². The summed E-state index contributed by atoms with van der Waals surface area (Å²) in [5.74, 6) is -0.590. The maximum Gasteiger partial charge on any atom is 0.266 e. The van der Waals surface area contributed by atoms with Gasteiger partial charge in [0.25, 0.3) is 10.0 Å². The Morgan fingerprint density at radius 1 is 1.23 bits per heavy atom. The molecule has 0 saturated carbocycles. The van der Waals surface area contributed by atoms with Gasteiger partial charge in [0.2, 0.25) is 5.13 Å². The molecule has 2 aromatic carbocycles. The molecule has 1 fully saturated rings. The van der Waals surface area contributed by atoms with E-state index in [1.165, 1.54) is 33.8 Å². The fraction of sp³-hybridized carbons (Fsp3) is 0.278. The van der Waals surface area contributed by atoms with Gasteiger partial charge in [0.05, 0.1) is 27.8 Å². The highest BCUT2D eigenvalue weighted by atomic mass is 32.2. The zero-order valence-electron chi connectivity index (χ0n) is 13.8. The van der Waals surface area contributed by atoms with Crippen molar-refractivity contribution in [3.8, 4) is 0 Å². The standard InChI is InChI=1S/C18H17FN2O3S2/c19-13-5-3-7-15(11-13)26(22,23)21(12-14-6-4-10-24-14)18-20-16-8-1-2-9-17(16)25-18/h1-3,5,7-9,11,14H,4,6,10,12H2. The molecule has 8 heteroatoms. The van der Waals surface area contributed by atoms with E-state index in [9.17, 15) is 12.8 Å². The van der Waals surface area contributed by atoms with Gasteiger partial charge in [-0.05, 0) is 43.2 Å². The number of aromatic nitrogens is 1. The van der Waals surface area contributed by atoms with Crippen LogP contribution in [0.4, 0.5) is 9.52 Å². The average molecular weight is 392 g/mol. The Morgan fingerprint density at radius 2 is 2.08 bits per heavy atom. The van der Waals surface area contributed by atoms with Gasteiger partial charge in [-0.1, -0.05) is 29.5 Å². The first kappa shape index (κ1) is 17.4. The summed E-state index contributed by atoms with van der Waals surface area (Å²) in [6.45, 7) is 0.789. The molecule has 0 N–H and O–H groups in total. The number of benzene rings is 2. The summed E-state index contributed by atoms with van der Waals surface area (Å²) in [6.07, 6.45) is 1.50. The summed E-state index contributed by atoms with van der Waals surface area (Å²) in [4.78, 5) is 4.40. The van der Waals surface area contributed by atoms with Crippen LogP contribution in [0.1, 0.15) is 12.8 Å². The van der Waals surface area contributed by atoms with Gasteiger partial charge in [-0.2, -0.15) is 0 Å². The third-order valence-corrected chi connectivity index (χ3v) is 7.20. The van der Waals surface area contributed by atoms with Crippen LogP contribution in [0.5, 0.6) is 0 Å². The van der Waals surface area contributed by atoms with Crippen molar-refractivity contribution in [2.45, 2.75) is 23.8 Å². The fourth-order valence-corrected chi connectivity index (χ4v) is 5.64. The van der Waals surface area contributed by atoms with Gasteiger partial charge < -0.3 is 4.74 Å². The van der Waals surface area contributed by atoms with E-state index in [4.69, 9.17) is 4.74 Å². The van der Waals surface area contributed by atoms with E-state index in [0.29, 0.717) is 11.7 Å². The van der Waals surface area contributed by atoms with Crippen LogP contribution in [0.3, 0.4) is 0 Å². The lowest BCUT2D eigenvalue weighted by Gasteiger charge is -2.24. The van der Waals surface area contributed by atoms with Crippen LogP contribution in [-0.4, -0.2) is 32.7 Å². The minimum Gasteiger partial charge on any atom is -0.376 e. The van der Waals surface area contributed by atoms with Crippen molar-refractivity contribution in [2.24, 2.45) is 0 Å². The van der Waals surface area contributed by atoms with Crippen LogP contribution in [0, 0.1) is 5.82 Å². The fourth-order valence-electron chi connectivity index (χ4n) is 2.97. The van der Waals surface area contributed by atoms with Crippen molar-refractivity contribution < 1.29 is 17.5 Å². The second kappa shape index (κ2) is 6.94. The molecule has 3 aromatic rings. The molecule has 1 aliphatic heterocycles.